The van der Waals surface area contributed by atoms with Crippen molar-refractivity contribution in [3.8, 4) is 0 Å². The van der Waals surface area contributed by atoms with Gasteiger partial charge in [-0.25, -0.2) is 4.68 Å². The van der Waals surface area contributed by atoms with E-state index in [2.05, 4.69) is 15.4 Å². The third-order valence-electron chi connectivity index (χ3n) is 4.91. The summed E-state index contributed by atoms with van der Waals surface area (Å²) >= 11 is 0. The lowest BCUT2D eigenvalue weighted by atomic mass is 9.85. The lowest BCUT2D eigenvalue weighted by molar-refractivity contribution is -0.127. The fourth-order valence-corrected chi connectivity index (χ4v) is 3.19. The van der Waals surface area contributed by atoms with Crippen molar-refractivity contribution >= 4 is 16.7 Å². The molecule has 132 valence electrons. The number of nitrogens with one attached hydrogen (secondary N) is 1. The molecule has 1 saturated carbocycles. The molecule has 0 spiro atoms. The summed E-state index contributed by atoms with van der Waals surface area (Å²) in [5.41, 5.74) is 1.47. The summed E-state index contributed by atoms with van der Waals surface area (Å²) in [4.78, 5) is 29.0. The van der Waals surface area contributed by atoms with Gasteiger partial charge in [-0.15, -0.1) is 0 Å². The Labute approximate surface area is 150 Å². The Bertz CT molecular complexity index is 994. The van der Waals surface area contributed by atoms with Crippen molar-refractivity contribution in [3.05, 3.63) is 70.4 Å². The van der Waals surface area contributed by atoms with Crippen LogP contribution in [0, 0.1) is 5.92 Å². The van der Waals surface area contributed by atoms with Crippen LogP contribution in [0.25, 0.3) is 10.8 Å². The van der Waals surface area contributed by atoms with Gasteiger partial charge in [0.15, 0.2) is 0 Å². The lowest BCUT2D eigenvalue weighted by Gasteiger charge is -2.24. The number of amides is 1. The molecule has 1 amide bonds. The van der Waals surface area contributed by atoms with Crippen molar-refractivity contribution in [1.29, 1.82) is 0 Å². The second-order valence-corrected chi connectivity index (χ2v) is 6.66. The molecule has 1 aliphatic carbocycles. The highest BCUT2D eigenvalue weighted by atomic mass is 16.2. The van der Waals surface area contributed by atoms with Crippen molar-refractivity contribution in [2.75, 3.05) is 0 Å². The molecule has 0 atom stereocenters. The summed E-state index contributed by atoms with van der Waals surface area (Å²) in [6.07, 6.45) is 6.46. The number of carbonyl (C=O) groups excluding carboxylic acids is 1. The average Bonchev–Trinajstić information content (AvgIpc) is 2.62. The summed E-state index contributed by atoms with van der Waals surface area (Å²) in [6.45, 7) is 0.671. The zero-order chi connectivity index (χ0) is 17.9. The van der Waals surface area contributed by atoms with E-state index in [4.69, 9.17) is 0 Å². The SMILES string of the molecule is O=C(NCc1nn(Cc2cccnc2)c(=O)c2ccccc12)C1CCC1. The van der Waals surface area contributed by atoms with E-state index in [0.29, 0.717) is 24.2 Å². The molecule has 0 unspecified atom stereocenters. The van der Waals surface area contributed by atoms with Crippen LogP contribution in [0.2, 0.25) is 0 Å². The predicted octanol–water partition coefficient (Wildman–Crippen LogP) is 2.26. The first-order valence-electron chi connectivity index (χ1n) is 8.88. The summed E-state index contributed by atoms with van der Waals surface area (Å²) in [6, 6.07) is 11.1. The monoisotopic (exact) mass is 348 g/mol. The summed E-state index contributed by atoms with van der Waals surface area (Å²) < 4.78 is 1.45. The normalized spacial score (nSPS) is 14.2. The minimum absolute atomic E-state index is 0.0761. The lowest BCUT2D eigenvalue weighted by Crippen LogP contribution is -2.35. The van der Waals surface area contributed by atoms with E-state index in [-0.39, 0.29) is 17.4 Å². The van der Waals surface area contributed by atoms with Crippen LogP contribution in [0.15, 0.2) is 53.6 Å². The quantitative estimate of drug-likeness (QED) is 0.767. The molecule has 3 aromatic rings. The number of hydrogen-bond donors (Lipinski definition) is 1. The smallest absolute Gasteiger partial charge is 0.274 e. The maximum atomic E-state index is 12.8. The fourth-order valence-electron chi connectivity index (χ4n) is 3.19. The largest absolute Gasteiger partial charge is 0.350 e. The Morgan fingerprint density at radius 2 is 1.96 bits per heavy atom. The van der Waals surface area contributed by atoms with Gasteiger partial charge in [0.2, 0.25) is 5.91 Å². The third-order valence-corrected chi connectivity index (χ3v) is 4.91. The Morgan fingerprint density at radius 1 is 1.15 bits per heavy atom. The highest BCUT2D eigenvalue weighted by molar-refractivity contribution is 5.84. The van der Waals surface area contributed by atoms with Crippen LogP contribution >= 0.6 is 0 Å². The van der Waals surface area contributed by atoms with Crippen molar-refractivity contribution < 1.29 is 4.79 Å². The number of nitrogens with zero attached hydrogens (tertiary/aromatic N) is 3. The molecule has 1 aromatic carbocycles. The van der Waals surface area contributed by atoms with E-state index < -0.39 is 0 Å². The van der Waals surface area contributed by atoms with Gasteiger partial charge in [-0.1, -0.05) is 30.7 Å². The van der Waals surface area contributed by atoms with Crippen molar-refractivity contribution in [3.63, 3.8) is 0 Å². The average molecular weight is 348 g/mol. The highest BCUT2D eigenvalue weighted by Gasteiger charge is 2.25. The molecular weight excluding hydrogens is 328 g/mol. The Morgan fingerprint density at radius 3 is 2.65 bits per heavy atom. The molecule has 26 heavy (non-hydrogen) atoms. The summed E-state index contributed by atoms with van der Waals surface area (Å²) in [7, 11) is 0. The van der Waals surface area contributed by atoms with Gasteiger partial charge in [0.1, 0.15) is 0 Å². The number of fused-ring (bicyclic) bond motifs is 1. The molecule has 2 heterocycles. The first-order chi connectivity index (χ1) is 12.7. The van der Waals surface area contributed by atoms with Crippen LogP contribution in [0.4, 0.5) is 0 Å². The maximum Gasteiger partial charge on any atom is 0.274 e. The topological polar surface area (TPSA) is 76.9 Å². The van der Waals surface area contributed by atoms with Crippen LogP contribution in [-0.2, 0) is 17.9 Å². The molecule has 6 nitrogen and oxygen atoms in total. The summed E-state index contributed by atoms with van der Waals surface area (Å²) in [5, 5.41) is 8.90. The number of aromatic nitrogens is 3. The maximum absolute atomic E-state index is 12.8. The van der Waals surface area contributed by atoms with E-state index in [1.807, 2.05) is 30.3 Å². The van der Waals surface area contributed by atoms with Crippen molar-refractivity contribution in [1.82, 2.24) is 20.1 Å². The van der Waals surface area contributed by atoms with Gasteiger partial charge in [0.05, 0.1) is 24.2 Å². The van der Waals surface area contributed by atoms with Gasteiger partial charge in [-0.3, -0.25) is 14.6 Å². The van der Waals surface area contributed by atoms with Gasteiger partial charge in [0, 0.05) is 23.7 Å². The zero-order valence-electron chi connectivity index (χ0n) is 14.4. The van der Waals surface area contributed by atoms with Crippen LogP contribution in [0.1, 0.15) is 30.5 Å². The molecule has 1 fully saturated rings. The van der Waals surface area contributed by atoms with Crippen molar-refractivity contribution in [2.24, 2.45) is 5.92 Å². The second-order valence-electron chi connectivity index (χ2n) is 6.66. The Hall–Kier alpha value is -3.02. The van der Waals surface area contributed by atoms with Gasteiger partial charge in [-0.2, -0.15) is 5.10 Å². The minimum Gasteiger partial charge on any atom is -0.350 e. The molecule has 0 aliphatic heterocycles. The molecule has 0 saturated heterocycles. The van der Waals surface area contributed by atoms with E-state index >= 15 is 0 Å². The van der Waals surface area contributed by atoms with E-state index in [0.717, 1.165) is 30.2 Å². The Kier molecular flexibility index (Phi) is 4.48. The van der Waals surface area contributed by atoms with Crippen LogP contribution < -0.4 is 10.9 Å². The molecular formula is C20H20N4O2. The first-order valence-corrected chi connectivity index (χ1v) is 8.88. The molecule has 1 N–H and O–H groups in total. The predicted molar refractivity (Wildman–Crippen MR) is 98.5 cm³/mol. The molecule has 4 rings (SSSR count). The first kappa shape index (κ1) is 16.4. The van der Waals surface area contributed by atoms with Gasteiger partial charge < -0.3 is 5.32 Å². The molecule has 0 radical (unpaired) electrons. The molecule has 6 heteroatoms. The van der Waals surface area contributed by atoms with E-state index in [9.17, 15) is 9.59 Å². The number of hydrogen-bond acceptors (Lipinski definition) is 4. The number of pyridine rings is 1. The van der Waals surface area contributed by atoms with Gasteiger partial charge in [-0.05, 0) is 30.5 Å². The molecule has 1 aliphatic rings. The Balaban J connectivity index is 1.67. The van der Waals surface area contributed by atoms with Crippen LogP contribution in [0.5, 0.6) is 0 Å². The molecule has 2 aromatic heterocycles. The standard InChI is InChI=1S/C20H20N4O2/c25-19(15-6-3-7-15)22-12-18-16-8-1-2-9-17(16)20(26)24(23-18)13-14-5-4-10-21-11-14/h1-2,4-5,8-11,15H,3,6-7,12-13H2,(H,22,25). The van der Waals surface area contributed by atoms with Crippen molar-refractivity contribution in [2.45, 2.75) is 32.4 Å². The second kappa shape index (κ2) is 7.07. The minimum atomic E-state index is -0.140. The fraction of sp³-hybridized carbons (Fsp3) is 0.300. The van der Waals surface area contributed by atoms with Gasteiger partial charge in [0.25, 0.3) is 5.56 Å². The third kappa shape index (κ3) is 3.22. The number of benzene rings is 1. The van der Waals surface area contributed by atoms with Crippen LogP contribution in [0.3, 0.4) is 0 Å². The van der Waals surface area contributed by atoms with Gasteiger partial charge >= 0.3 is 0 Å². The van der Waals surface area contributed by atoms with Crippen LogP contribution in [-0.4, -0.2) is 20.7 Å². The van der Waals surface area contributed by atoms with E-state index in [1.54, 1.807) is 18.5 Å². The number of carbonyl (C=O) groups is 1. The summed E-state index contributed by atoms with van der Waals surface area (Å²) in [5.74, 6) is 0.203. The highest BCUT2D eigenvalue weighted by Crippen LogP contribution is 2.26. The van der Waals surface area contributed by atoms with E-state index in [1.165, 1.54) is 4.68 Å². The zero-order valence-corrected chi connectivity index (χ0v) is 14.4. The molecule has 0 bridgehead atoms. The number of rotatable bonds is 5.